The molecule has 0 heterocycles. The summed E-state index contributed by atoms with van der Waals surface area (Å²) in [5.74, 6) is -3.21. The summed E-state index contributed by atoms with van der Waals surface area (Å²) in [5, 5.41) is 0. The summed E-state index contributed by atoms with van der Waals surface area (Å²) < 4.78 is 49.3. The van der Waals surface area contributed by atoms with Crippen molar-refractivity contribution in [3.63, 3.8) is 0 Å². The Hall–Kier alpha value is -0.310. The zero-order valence-corrected chi connectivity index (χ0v) is 8.24. The predicted octanol–water partition coefficient (Wildman–Crippen LogP) is -1.02. The van der Waals surface area contributed by atoms with E-state index in [0.29, 0.717) is 0 Å². The van der Waals surface area contributed by atoms with Crippen LogP contribution in [0.4, 0.5) is 8.78 Å². The molecular formula is C5H13F2N3O2S. The normalized spacial score (nSPS) is 13.7. The van der Waals surface area contributed by atoms with Gasteiger partial charge in [-0.1, -0.05) is 0 Å². The van der Waals surface area contributed by atoms with E-state index in [1.807, 2.05) is 0 Å². The molecule has 0 aliphatic rings. The standard InChI is InChI=1S/C5H13F2N3O2S/c1-10(2)13(11,12)9-4-5(6,7)3-8/h9H,3-4,8H2,1-2H3. The quantitative estimate of drug-likeness (QED) is 0.618. The molecule has 5 nitrogen and oxygen atoms in total. The fourth-order valence-electron chi connectivity index (χ4n) is 0.398. The van der Waals surface area contributed by atoms with Crippen molar-refractivity contribution in [3.05, 3.63) is 0 Å². The maximum absolute atomic E-state index is 12.5. The Bertz CT molecular complexity index is 253. The molecule has 0 aromatic rings. The van der Waals surface area contributed by atoms with E-state index in [0.717, 1.165) is 4.31 Å². The van der Waals surface area contributed by atoms with Crippen LogP contribution in [-0.2, 0) is 10.2 Å². The first-order chi connectivity index (χ1) is 5.71. The third-order valence-electron chi connectivity index (χ3n) is 1.29. The predicted molar refractivity (Wildman–Crippen MR) is 44.6 cm³/mol. The van der Waals surface area contributed by atoms with E-state index in [4.69, 9.17) is 5.73 Å². The Balaban J connectivity index is 4.19. The highest BCUT2D eigenvalue weighted by Crippen LogP contribution is 2.09. The first kappa shape index (κ1) is 12.7. The summed E-state index contributed by atoms with van der Waals surface area (Å²) in [6, 6.07) is 0. The van der Waals surface area contributed by atoms with Gasteiger partial charge in [0.25, 0.3) is 16.1 Å². The van der Waals surface area contributed by atoms with Gasteiger partial charge >= 0.3 is 0 Å². The van der Waals surface area contributed by atoms with Gasteiger partial charge < -0.3 is 5.73 Å². The Kier molecular flexibility index (Phi) is 4.17. The fourth-order valence-corrected chi connectivity index (χ4v) is 1.05. The van der Waals surface area contributed by atoms with Crippen LogP contribution in [-0.4, -0.2) is 45.8 Å². The second kappa shape index (κ2) is 4.27. The molecule has 0 radical (unpaired) electrons. The molecule has 80 valence electrons. The first-order valence-corrected chi connectivity index (χ1v) is 4.90. The molecule has 0 atom stereocenters. The lowest BCUT2D eigenvalue weighted by atomic mass is 10.3. The molecule has 0 bridgehead atoms. The lowest BCUT2D eigenvalue weighted by molar-refractivity contribution is 0.0168. The lowest BCUT2D eigenvalue weighted by Crippen LogP contribution is -2.45. The topological polar surface area (TPSA) is 75.4 Å². The highest BCUT2D eigenvalue weighted by atomic mass is 32.2. The number of alkyl halides is 2. The van der Waals surface area contributed by atoms with Crippen LogP contribution in [0, 0.1) is 0 Å². The Morgan fingerprint density at radius 3 is 2.23 bits per heavy atom. The van der Waals surface area contributed by atoms with Gasteiger partial charge in [0, 0.05) is 14.1 Å². The first-order valence-electron chi connectivity index (χ1n) is 3.46. The number of halogens is 2. The Morgan fingerprint density at radius 1 is 1.46 bits per heavy atom. The molecule has 0 aliphatic carbocycles. The van der Waals surface area contributed by atoms with Gasteiger partial charge in [-0.05, 0) is 0 Å². The number of hydrogen-bond acceptors (Lipinski definition) is 3. The second-order valence-corrected chi connectivity index (χ2v) is 4.64. The number of nitrogens with one attached hydrogen (secondary N) is 1. The molecular weight excluding hydrogens is 204 g/mol. The van der Waals surface area contributed by atoms with Crippen molar-refractivity contribution in [2.75, 3.05) is 27.2 Å². The number of nitrogens with two attached hydrogens (primary N) is 1. The van der Waals surface area contributed by atoms with E-state index in [-0.39, 0.29) is 0 Å². The largest absolute Gasteiger partial charge is 0.325 e. The second-order valence-electron chi connectivity index (χ2n) is 2.67. The number of hydrogen-bond donors (Lipinski definition) is 2. The molecule has 0 aromatic heterocycles. The van der Waals surface area contributed by atoms with Crippen LogP contribution in [0.5, 0.6) is 0 Å². The van der Waals surface area contributed by atoms with Gasteiger partial charge in [-0.3, -0.25) is 0 Å². The molecule has 8 heteroatoms. The van der Waals surface area contributed by atoms with Gasteiger partial charge in [0.05, 0.1) is 13.1 Å². The van der Waals surface area contributed by atoms with Crippen molar-refractivity contribution >= 4 is 10.2 Å². The SMILES string of the molecule is CN(C)S(=O)(=O)NCC(F)(F)CN. The van der Waals surface area contributed by atoms with Crippen LogP contribution in [0.1, 0.15) is 0 Å². The maximum Gasteiger partial charge on any atom is 0.279 e. The van der Waals surface area contributed by atoms with Crippen molar-refractivity contribution in [1.82, 2.24) is 9.03 Å². The van der Waals surface area contributed by atoms with Crippen LogP contribution in [0.15, 0.2) is 0 Å². The minimum atomic E-state index is -3.79. The maximum atomic E-state index is 12.5. The Labute approximate surface area is 76.1 Å². The molecule has 0 saturated carbocycles. The number of nitrogens with zero attached hydrogens (tertiary/aromatic N) is 1. The van der Waals surface area contributed by atoms with Crippen LogP contribution >= 0.6 is 0 Å². The van der Waals surface area contributed by atoms with Gasteiger partial charge in [-0.25, -0.2) is 8.78 Å². The molecule has 0 amide bonds. The zero-order valence-electron chi connectivity index (χ0n) is 7.42. The van der Waals surface area contributed by atoms with Crippen molar-refractivity contribution < 1.29 is 17.2 Å². The monoisotopic (exact) mass is 217 g/mol. The summed E-state index contributed by atoms with van der Waals surface area (Å²) >= 11 is 0. The molecule has 0 spiro atoms. The fraction of sp³-hybridized carbons (Fsp3) is 1.00. The van der Waals surface area contributed by atoms with E-state index in [1.54, 1.807) is 4.72 Å². The van der Waals surface area contributed by atoms with Gasteiger partial charge in [-0.15, -0.1) is 0 Å². The van der Waals surface area contributed by atoms with Gasteiger partial charge in [0.1, 0.15) is 0 Å². The van der Waals surface area contributed by atoms with Crippen LogP contribution in [0.3, 0.4) is 0 Å². The van der Waals surface area contributed by atoms with Crippen LogP contribution < -0.4 is 10.5 Å². The molecule has 0 aliphatic heterocycles. The third kappa shape index (κ3) is 4.46. The van der Waals surface area contributed by atoms with E-state index < -0.39 is 29.2 Å². The van der Waals surface area contributed by atoms with Crippen LogP contribution in [0.2, 0.25) is 0 Å². The molecule has 0 fully saturated rings. The average Bonchev–Trinajstić information content (AvgIpc) is 2.01. The lowest BCUT2D eigenvalue weighted by Gasteiger charge is -2.17. The van der Waals surface area contributed by atoms with Gasteiger partial charge in [0.15, 0.2) is 0 Å². The summed E-state index contributed by atoms with van der Waals surface area (Å²) in [6.07, 6.45) is 0. The van der Waals surface area contributed by atoms with Crippen LogP contribution in [0.25, 0.3) is 0 Å². The minimum absolute atomic E-state index is 0.805. The molecule has 0 saturated heterocycles. The Morgan fingerprint density at radius 2 is 1.92 bits per heavy atom. The van der Waals surface area contributed by atoms with Crippen molar-refractivity contribution in [2.45, 2.75) is 5.92 Å². The zero-order chi connectivity index (χ0) is 10.7. The van der Waals surface area contributed by atoms with Gasteiger partial charge in [0.2, 0.25) is 0 Å². The van der Waals surface area contributed by atoms with Gasteiger partial charge in [-0.2, -0.15) is 17.4 Å². The van der Waals surface area contributed by atoms with Crippen molar-refractivity contribution in [1.29, 1.82) is 0 Å². The molecule has 0 unspecified atom stereocenters. The smallest absolute Gasteiger partial charge is 0.279 e. The number of rotatable bonds is 5. The highest BCUT2D eigenvalue weighted by Gasteiger charge is 2.29. The summed E-state index contributed by atoms with van der Waals surface area (Å²) in [5.41, 5.74) is 4.71. The molecule has 13 heavy (non-hydrogen) atoms. The third-order valence-corrected chi connectivity index (χ3v) is 2.76. The summed E-state index contributed by atoms with van der Waals surface area (Å²) in [7, 11) is -1.32. The molecule has 3 N–H and O–H groups in total. The van der Waals surface area contributed by atoms with E-state index in [1.165, 1.54) is 14.1 Å². The average molecular weight is 217 g/mol. The van der Waals surface area contributed by atoms with E-state index in [9.17, 15) is 17.2 Å². The highest BCUT2D eigenvalue weighted by molar-refractivity contribution is 7.87. The van der Waals surface area contributed by atoms with E-state index >= 15 is 0 Å². The van der Waals surface area contributed by atoms with Crippen molar-refractivity contribution in [3.8, 4) is 0 Å². The van der Waals surface area contributed by atoms with E-state index in [2.05, 4.69) is 0 Å². The minimum Gasteiger partial charge on any atom is -0.325 e. The molecule has 0 rings (SSSR count). The summed E-state index contributed by atoms with van der Waals surface area (Å²) in [4.78, 5) is 0. The molecule has 0 aromatic carbocycles. The van der Waals surface area contributed by atoms with Crippen molar-refractivity contribution in [2.24, 2.45) is 5.73 Å². The summed E-state index contributed by atoms with van der Waals surface area (Å²) in [6.45, 7) is -1.87.